The SMILES string of the molecule is CCCN(CC)CCNC(=O)C1(C)CCNC1.Cl.Cl. The number of amides is 1. The molecule has 0 spiro atoms. The summed E-state index contributed by atoms with van der Waals surface area (Å²) in [5.41, 5.74) is -0.193. The van der Waals surface area contributed by atoms with Gasteiger partial charge in [-0.25, -0.2) is 0 Å². The van der Waals surface area contributed by atoms with E-state index in [4.69, 9.17) is 0 Å². The monoisotopic (exact) mass is 313 g/mol. The summed E-state index contributed by atoms with van der Waals surface area (Å²) in [4.78, 5) is 14.4. The van der Waals surface area contributed by atoms with Gasteiger partial charge in [0.1, 0.15) is 0 Å². The largest absolute Gasteiger partial charge is 0.354 e. The van der Waals surface area contributed by atoms with Crippen molar-refractivity contribution in [2.45, 2.75) is 33.6 Å². The van der Waals surface area contributed by atoms with Gasteiger partial charge in [0, 0.05) is 19.6 Å². The van der Waals surface area contributed by atoms with Crippen LogP contribution in [0.3, 0.4) is 0 Å². The minimum Gasteiger partial charge on any atom is -0.354 e. The average molecular weight is 314 g/mol. The molecule has 1 heterocycles. The van der Waals surface area contributed by atoms with Crippen LogP contribution in [0, 0.1) is 5.41 Å². The van der Waals surface area contributed by atoms with Crippen LogP contribution in [-0.4, -0.2) is 50.1 Å². The van der Waals surface area contributed by atoms with Crippen LogP contribution in [0.4, 0.5) is 0 Å². The van der Waals surface area contributed by atoms with Gasteiger partial charge in [-0.15, -0.1) is 24.8 Å². The zero-order valence-electron chi connectivity index (χ0n) is 12.3. The van der Waals surface area contributed by atoms with Crippen molar-refractivity contribution in [3.63, 3.8) is 0 Å². The maximum absolute atomic E-state index is 12.0. The first-order valence-electron chi connectivity index (χ1n) is 6.83. The van der Waals surface area contributed by atoms with E-state index in [1.54, 1.807) is 0 Å². The van der Waals surface area contributed by atoms with E-state index < -0.39 is 0 Å². The second-order valence-corrected chi connectivity index (χ2v) is 5.18. The first-order chi connectivity index (χ1) is 8.12. The highest BCUT2D eigenvalue weighted by Crippen LogP contribution is 2.24. The van der Waals surface area contributed by atoms with Crippen molar-refractivity contribution < 1.29 is 4.79 Å². The number of halogens is 2. The Kier molecular flexibility index (Phi) is 12.0. The molecule has 1 amide bonds. The quantitative estimate of drug-likeness (QED) is 0.751. The molecule has 116 valence electrons. The Morgan fingerprint density at radius 2 is 2.00 bits per heavy atom. The van der Waals surface area contributed by atoms with Crippen molar-refractivity contribution in [1.29, 1.82) is 0 Å². The van der Waals surface area contributed by atoms with E-state index in [2.05, 4.69) is 29.4 Å². The highest BCUT2D eigenvalue weighted by molar-refractivity contribution is 5.85. The smallest absolute Gasteiger partial charge is 0.227 e. The summed E-state index contributed by atoms with van der Waals surface area (Å²) in [5, 5.41) is 6.32. The van der Waals surface area contributed by atoms with Crippen molar-refractivity contribution in [1.82, 2.24) is 15.5 Å². The summed E-state index contributed by atoms with van der Waals surface area (Å²) in [6.45, 7) is 12.1. The first-order valence-corrected chi connectivity index (χ1v) is 6.83. The molecule has 0 saturated carbocycles. The molecule has 1 atom stereocenters. The Hall–Kier alpha value is -0.0300. The van der Waals surface area contributed by atoms with Crippen LogP contribution < -0.4 is 10.6 Å². The highest BCUT2D eigenvalue weighted by Gasteiger charge is 2.35. The van der Waals surface area contributed by atoms with Gasteiger partial charge in [-0.1, -0.05) is 13.8 Å². The fourth-order valence-electron chi connectivity index (χ4n) is 2.30. The molecule has 1 aliphatic heterocycles. The molecule has 0 aromatic rings. The number of hydrogen-bond donors (Lipinski definition) is 2. The molecule has 1 rings (SSSR count). The van der Waals surface area contributed by atoms with E-state index in [0.29, 0.717) is 0 Å². The molecule has 0 radical (unpaired) electrons. The van der Waals surface area contributed by atoms with E-state index in [1.807, 2.05) is 6.92 Å². The predicted octanol–water partition coefficient (Wildman–Crippen LogP) is 1.68. The molecule has 1 unspecified atom stereocenters. The summed E-state index contributed by atoms with van der Waals surface area (Å²) in [5.74, 6) is 0.204. The molecule has 1 aliphatic rings. The van der Waals surface area contributed by atoms with E-state index in [-0.39, 0.29) is 36.1 Å². The van der Waals surface area contributed by atoms with Crippen LogP contribution in [0.2, 0.25) is 0 Å². The number of carbonyl (C=O) groups is 1. The summed E-state index contributed by atoms with van der Waals surface area (Å²) < 4.78 is 0. The van der Waals surface area contributed by atoms with Gasteiger partial charge in [-0.3, -0.25) is 4.79 Å². The van der Waals surface area contributed by atoms with Gasteiger partial charge in [-0.05, 0) is 39.4 Å². The Balaban J connectivity index is 0. The maximum Gasteiger partial charge on any atom is 0.227 e. The third-order valence-corrected chi connectivity index (χ3v) is 3.62. The normalized spacial score (nSPS) is 21.7. The molecule has 6 heteroatoms. The molecule has 1 saturated heterocycles. The van der Waals surface area contributed by atoms with Crippen LogP contribution in [0.5, 0.6) is 0 Å². The fraction of sp³-hybridized carbons (Fsp3) is 0.923. The van der Waals surface area contributed by atoms with E-state index in [0.717, 1.165) is 45.7 Å². The standard InChI is InChI=1S/C13H27N3O.2ClH/c1-4-9-16(5-2)10-8-15-12(17)13(3)6-7-14-11-13;;/h14H,4-11H2,1-3H3,(H,15,17);2*1H. The Morgan fingerprint density at radius 3 is 2.47 bits per heavy atom. The van der Waals surface area contributed by atoms with Crippen molar-refractivity contribution >= 4 is 30.7 Å². The van der Waals surface area contributed by atoms with E-state index in [1.165, 1.54) is 6.42 Å². The van der Waals surface area contributed by atoms with E-state index >= 15 is 0 Å². The van der Waals surface area contributed by atoms with Gasteiger partial charge in [-0.2, -0.15) is 0 Å². The second-order valence-electron chi connectivity index (χ2n) is 5.18. The lowest BCUT2D eigenvalue weighted by molar-refractivity contribution is -0.129. The maximum atomic E-state index is 12.0. The molecule has 1 fully saturated rings. The lowest BCUT2D eigenvalue weighted by Crippen LogP contribution is -2.43. The molecule has 0 aromatic heterocycles. The molecule has 0 bridgehead atoms. The summed E-state index contributed by atoms with van der Waals surface area (Å²) in [6.07, 6.45) is 2.12. The molecule has 19 heavy (non-hydrogen) atoms. The molecular weight excluding hydrogens is 285 g/mol. The van der Waals surface area contributed by atoms with Gasteiger partial charge in [0.05, 0.1) is 5.41 Å². The number of nitrogens with zero attached hydrogens (tertiary/aromatic N) is 1. The van der Waals surface area contributed by atoms with E-state index in [9.17, 15) is 4.79 Å². The highest BCUT2D eigenvalue weighted by atomic mass is 35.5. The lowest BCUT2D eigenvalue weighted by Gasteiger charge is -2.24. The van der Waals surface area contributed by atoms with Crippen molar-refractivity contribution in [2.24, 2.45) is 5.41 Å². The summed E-state index contributed by atoms with van der Waals surface area (Å²) >= 11 is 0. The molecule has 0 aliphatic carbocycles. The Labute approximate surface area is 129 Å². The minimum absolute atomic E-state index is 0. The van der Waals surface area contributed by atoms with Gasteiger partial charge in [0.25, 0.3) is 0 Å². The topological polar surface area (TPSA) is 44.4 Å². The van der Waals surface area contributed by atoms with Crippen LogP contribution in [0.15, 0.2) is 0 Å². The summed E-state index contributed by atoms with van der Waals surface area (Å²) in [6, 6.07) is 0. The number of nitrogens with one attached hydrogen (secondary N) is 2. The third-order valence-electron chi connectivity index (χ3n) is 3.62. The number of rotatable bonds is 7. The molecule has 4 nitrogen and oxygen atoms in total. The fourth-order valence-corrected chi connectivity index (χ4v) is 2.30. The molecule has 2 N–H and O–H groups in total. The molecule has 0 aromatic carbocycles. The van der Waals surface area contributed by atoms with Crippen LogP contribution in [0.25, 0.3) is 0 Å². The third kappa shape index (κ3) is 6.80. The van der Waals surface area contributed by atoms with Crippen molar-refractivity contribution in [2.75, 3.05) is 39.3 Å². The predicted molar refractivity (Wildman–Crippen MR) is 85.5 cm³/mol. The second kappa shape index (κ2) is 10.7. The lowest BCUT2D eigenvalue weighted by atomic mass is 9.89. The minimum atomic E-state index is -0.193. The van der Waals surface area contributed by atoms with Crippen molar-refractivity contribution in [3.8, 4) is 0 Å². The van der Waals surface area contributed by atoms with Crippen LogP contribution >= 0.6 is 24.8 Å². The number of likely N-dealkylation sites (N-methyl/N-ethyl adjacent to an activating group) is 1. The zero-order valence-corrected chi connectivity index (χ0v) is 14.0. The zero-order chi connectivity index (χ0) is 12.7. The van der Waals surface area contributed by atoms with Crippen LogP contribution in [-0.2, 0) is 4.79 Å². The summed E-state index contributed by atoms with van der Waals surface area (Å²) in [7, 11) is 0. The Bertz CT molecular complexity index is 246. The molecular formula is C13H29Cl2N3O. The number of carbonyl (C=O) groups excluding carboxylic acids is 1. The van der Waals surface area contributed by atoms with Crippen molar-refractivity contribution in [3.05, 3.63) is 0 Å². The van der Waals surface area contributed by atoms with Gasteiger partial charge >= 0.3 is 0 Å². The number of hydrogen-bond acceptors (Lipinski definition) is 3. The van der Waals surface area contributed by atoms with Crippen LogP contribution in [0.1, 0.15) is 33.6 Å². The van der Waals surface area contributed by atoms with Gasteiger partial charge in [0.15, 0.2) is 0 Å². The first kappa shape index (κ1) is 21.3. The Morgan fingerprint density at radius 1 is 1.32 bits per heavy atom. The average Bonchev–Trinajstić information content (AvgIpc) is 2.76. The van der Waals surface area contributed by atoms with Gasteiger partial charge in [0.2, 0.25) is 5.91 Å². The van der Waals surface area contributed by atoms with Gasteiger partial charge < -0.3 is 15.5 Å².